The predicted molar refractivity (Wildman–Crippen MR) is 49.2 cm³/mol. The molecule has 2 unspecified atom stereocenters. The molecule has 2 aliphatic rings. The maximum absolute atomic E-state index is 11.1. The van der Waals surface area contributed by atoms with Crippen LogP contribution in [0.1, 0.15) is 19.3 Å². The SMILES string of the molecule is C=CC(=O)NC1CCOC1C1CC1. The van der Waals surface area contributed by atoms with E-state index in [1.54, 1.807) is 0 Å². The molecule has 1 heterocycles. The van der Waals surface area contributed by atoms with Crippen LogP contribution in [0.5, 0.6) is 0 Å². The molecule has 0 radical (unpaired) electrons. The van der Waals surface area contributed by atoms with Gasteiger partial charge in [0.15, 0.2) is 0 Å². The molecule has 1 N–H and O–H groups in total. The van der Waals surface area contributed by atoms with Crippen LogP contribution < -0.4 is 5.32 Å². The van der Waals surface area contributed by atoms with Gasteiger partial charge in [-0.25, -0.2) is 0 Å². The van der Waals surface area contributed by atoms with Crippen LogP contribution in [0.3, 0.4) is 0 Å². The second-order valence-electron chi connectivity index (χ2n) is 3.78. The van der Waals surface area contributed by atoms with Gasteiger partial charge in [-0.15, -0.1) is 0 Å². The van der Waals surface area contributed by atoms with Crippen molar-refractivity contribution in [2.45, 2.75) is 31.4 Å². The van der Waals surface area contributed by atoms with Crippen molar-refractivity contribution >= 4 is 5.91 Å². The highest BCUT2D eigenvalue weighted by atomic mass is 16.5. The summed E-state index contributed by atoms with van der Waals surface area (Å²) < 4.78 is 5.59. The van der Waals surface area contributed by atoms with Crippen molar-refractivity contribution < 1.29 is 9.53 Å². The molecular weight excluding hydrogens is 166 g/mol. The Balaban J connectivity index is 1.89. The summed E-state index contributed by atoms with van der Waals surface area (Å²) in [5, 5.41) is 2.92. The normalized spacial score (nSPS) is 32.9. The minimum absolute atomic E-state index is 0.0823. The average molecular weight is 181 g/mol. The summed E-state index contributed by atoms with van der Waals surface area (Å²) in [5.41, 5.74) is 0. The third-order valence-electron chi connectivity index (χ3n) is 2.74. The Hall–Kier alpha value is -0.830. The second kappa shape index (κ2) is 3.50. The van der Waals surface area contributed by atoms with Crippen LogP contribution in [0.25, 0.3) is 0 Å². The minimum atomic E-state index is -0.0823. The molecule has 13 heavy (non-hydrogen) atoms. The van der Waals surface area contributed by atoms with E-state index in [0.717, 1.165) is 13.0 Å². The fourth-order valence-corrected chi connectivity index (χ4v) is 1.90. The Kier molecular flexibility index (Phi) is 2.36. The van der Waals surface area contributed by atoms with Crippen LogP contribution >= 0.6 is 0 Å². The Morgan fingerprint density at radius 1 is 1.46 bits per heavy atom. The zero-order chi connectivity index (χ0) is 9.26. The van der Waals surface area contributed by atoms with Crippen molar-refractivity contribution in [3.8, 4) is 0 Å². The van der Waals surface area contributed by atoms with Gasteiger partial charge in [-0.3, -0.25) is 4.79 Å². The molecule has 72 valence electrons. The van der Waals surface area contributed by atoms with Crippen LogP contribution in [0.4, 0.5) is 0 Å². The standard InChI is InChI=1S/C10H15NO2/c1-2-9(12)11-8-5-6-13-10(8)7-3-4-7/h2,7-8,10H,1,3-6H2,(H,11,12). The van der Waals surface area contributed by atoms with Gasteiger partial charge in [-0.1, -0.05) is 6.58 Å². The van der Waals surface area contributed by atoms with Crippen molar-refractivity contribution in [1.82, 2.24) is 5.32 Å². The number of amides is 1. The quantitative estimate of drug-likeness (QED) is 0.656. The lowest BCUT2D eigenvalue weighted by Crippen LogP contribution is -2.40. The third-order valence-corrected chi connectivity index (χ3v) is 2.74. The largest absolute Gasteiger partial charge is 0.376 e. The Morgan fingerprint density at radius 3 is 2.85 bits per heavy atom. The number of rotatable bonds is 3. The van der Waals surface area contributed by atoms with Crippen molar-refractivity contribution in [3.05, 3.63) is 12.7 Å². The molecule has 2 rings (SSSR count). The first-order valence-corrected chi connectivity index (χ1v) is 4.86. The Morgan fingerprint density at radius 2 is 2.23 bits per heavy atom. The first-order valence-electron chi connectivity index (χ1n) is 4.86. The van der Waals surface area contributed by atoms with E-state index in [9.17, 15) is 4.79 Å². The maximum atomic E-state index is 11.1. The van der Waals surface area contributed by atoms with Crippen molar-refractivity contribution in [1.29, 1.82) is 0 Å². The molecule has 3 nitrogen and oxygen atoms in total. The lowest BCUT2D eigenvalue weighted by molar-refractivity contribution is -0.117. The van der Waals surface area contributed by atoms with Crippen molar-refractivity contribution in [3.63, 3.8) is 0 Å². The van der Waals surface area contributed by atoms with Gasteiger partial charge < -0.3 is 10.1 Å². The summed E-state index contributed by atoms with van der Waals surface area (Å²) in [7, 11) is 0. The molecule has 3 heteroatoms. The van der Waals surface area contributed by atoms with Crippen LogP contribution in [0.2, 0.25) is 0 Å². The van der Waals surface area contributed by atoms with E-state index in [1.165, 1.54) is 18.9 Å². The summed E-state index contributed by atoms with van der Waals surface area (Å²) in [4.78, 5) is 11.1. The predicted octanol–water partition coefficient (Wildman–Crippen LogP) is 0.856. The first-order chi connectivity index (χ1) is 6.31. The van der Waals surface area contributed by atoms with E-state index in [1.807, 2.05) is 0 Å². The Labute approximate surface area is 78.1 Å². The summed E-state index contributed by atoms with van der Waals surface area (Å²) in [6.45, 7) is 4.22. The van der Waals surface area contributed by atoms with Crippen molar-refractivity contribution in [2.75, 3.05) is 6.61 Å². The second-order valence-corrected chi connectivity index (χ2v) is 3.78. The zero-order valence-corrected chi connectivity index (χ0v) is 7.66. The summed E-state index contributed by atoms with van der Waals surface area (Å²) >= 11 is 0. The molecule has 1 aliphatic heterocycles. The molecule has 1 amide bonds. The highest BCUT2D eigenvalue weighted by Crippen LogP contribution is 2.38. The van der Waals surface area contributed by atoms with E-state index < -0.39 is 0 Å². The van der Waals surface area contributed by atoms with Gasteiger partial charge in [0, 0.05) is 6.61 Å². The molecule has 0 aromatic carbocycles. The number of hydrogen-bond donors (Lipinski definition) is 1. The zero-order valence-electron chi connectivity index (χ0n) is 7.66. The van der Waals surface area contributed by atoms with E-state index >= 15 is 0 Å². The summed E-state index contributed by atoms with van der Waals surface area (Å²) in [5.74, 6) is 0.610. The molecule has 1 saturated heterocycles. The van der Waals surface area contributed by atoms with Crippen molar-refractivity contribution in [2.24, 2.45) is 5.92 Å². The molecule has 2 fully saturated rings. The number of carbonyl (C=O) groups excluding carboxylic acids is 1. The summed E-state index contributed by atoms with van der Waals surface area (Å²) in [6, 6.07) is 0.220. The highest BCUT2D eigenvalue weighted by Gasteiger charge is 2.40. The lowest BCUT2D eigenvalue weighted by Gasteiger charge is -2.18. The number of ether oxygens (including phenoxy) is 1. The molecule has 1 saturated carbocycles. The minimum Gasteiger partial charge on any atom is -0.376 e. The number of carbonyl (C=O) groups is 1. The number of hydrogen-bond acceptors (Lipinski definition) is 2. The van der Waals surface area contributed by atoms with Crippen LogP contribution in [-0.2, 0) is 9.53 Å². The molecule has 0 spiro atoms. The van der Waals surface area contributed by atoms with Gasteiger partial charge >= 0.3 is 0 Å². The monoisotopic (exact) mass is 181 g/mol. The fourth-order valence-electron chi connectivity index (χ4n) is 1.90. The fraction of sp³-hybridized carbons (Fsp3) is 0.700. The smallest absolute Gasteiger partial charge is 0.243 e. The van der Waals surface area contributed by atoms with Gasteiger partial charge in [0.1, 0.15) is 0 Å². The summed E-state index contributed by atoms with van der Waals surface area (Å²) in [6.07, 6.45) is 5.04. The van der Waals surface area contributed by atoms with E-state index in [0.29, 0.717) is 5.92 Å². The highest BCUT2D eigenvalue weighted by molar-refractivity contribution is 5.87. The lowest BCUT2D eigenvalue weighted by atomic mass is 10.1. The van der Waals surface area contributed by atoms with Crippen LogP contribution in [0, 0.1) is 5.92 Å². The third kappa shape index (κ3) is 1.91. The molecule has 0 bridgehead atoms. The van der Waals surface area contributed by atoms with E-state index in [4.69, 9.17) is 4.74 Å². The molecule has 2 atom stereocenters. The molecule has 0 aromatic heterocycles. The molecule has 1 aliphatic carbocycles. The first kappa shape index (κ1) is 8.75. The number of nitrogens with one attached hydrogen (secondary N) is 1. The van der Waals surface area contributed by atoms with E-state index in [2.05, 4.69) is 11.9 Å². The van der Waals surface area contributed by atoms with Crippen LogP contribution in [0.15, 0.2) is 12.7 Å². The average Bonchev–Trinajstić information content (AvgIpc) is 2.88. The topological polar surface area (TPSA) is 38.3 Å². The van der Waals surface area contributed by atoms with E-state index in [-0.39, 0.29) is 18.1 Å². The Bertz CT molecular complexity index is 223. The van der Waals surface area contributed by atoms with Gasteiger partial charge in [0.25, 0.3) is 0 Å². The van der Waals surface area contributed by atoms with Gasteiger partial charge in [-0.05, 0) is 31.3 Å². The van der Waals surface area contributed by atoms with Gasteiger partial charge in [0.2, 0.25) is 5.91 Å². The maximum Gasteiger partial charge on any atom is 0.243 e. The molecule has 0 aromatic rings. The molecular formula is C10H15NO2. The van der Waals surface area contributed by atoms with Crippen LogP contribution in [-0.4, -0.2) is 24.7 Å². The van der Waals surface area contributed by atoms with Gasteiger partial charge in [0.05, 0.1) is 12.1 Å². The van der Waals surface area contributed by atoms with Gasteiger partial charge in [-0.2, -0.15) is 0 Å².